The second kappa shape index (κ2) is 9.23. The lowest BCUT2D eigenvalue weighted by Crippen LogP contribution is -2.58. The molecule has 1 aromatic rings. The quantitative estimate of drug-likeness (QED) is 0.428. The normalized spacial score (nSPS) is 31.2. The van der Waals surface area contributed by atoms with E-state index in [1.54, 1.807) is 6.92 Å². The number of aromatic amines is 1. The highest BCUT2D eigenvalue weighted by Gasteiger charge is 2.67. The van der Waals surface area contributed by atoms with Crippen LogP contribution in [0.3, 0.4) is 0 Å². The number of nitrogens with zero attached hydrogens (tertiary/aromatic N) is 1. The molecule has 1 saturated carbocycles. The van der Waals surface area contributed by atoms with Gasteiger partial charge < -0.3 is 14.9 Å². The van der Waals surface area contributed by atoms with Crippen LogP contribution in [0.4, 0.5) is 0 Å². The number of aromatic nitrogens is 2. The first kappa shape index (κ1) is 27.3. The fourth-order valence-corrected chi connectivity index (χ4v) is 7.79. The third-order valence-electron chi connectivity index (χ3n) is 8.36. The lowest BCUT2D eigenvalue weighted by Gasteiger charge is -2.43. The minimum Gasteiger partial charge on any atom is -0.406 e. The summed E-state index contributed by atoms with van der Waals surface area (Å²) in [6, 6.07) is 0. The summed E-state index contributed by atoms with van der Waals surface area (Å²) in [6.45, 7) is 11.9. The van der Waals surface area contributed by atoms with Crippen molar-refractivity contribution in [2.24, 2.45) is 11.7 Å². The average Bonchev–Trinajstić information content (AvgIpc) is 3.17. The number of rotatable bonds is 5. The molecule has 1 saturated heterocycles. The summed E-state index contributed by atoms with van der Waals surface area (Å²) >= 11 is 0. The first-order chi connectivity index (χ1) is 16.6. The third kappa shape index (κ3) is 4.78. The molecule has 1 spiro atoms. The zero-order valence-corrected chi connectivity index (χ0v) is 23.8. The standard InChI is InChI=1S/C24H39N3O7SSi/c1-15-13-27(22(29)26-20(15)28)21-19(33-36(5,6)23(2,3)4)24(17(25)14-35(30,31)34-24)18(32-21)12-16-10-8-7-9-11-16/h13-14,16,18-19,21H,7-12,25H2,1-6H3,(H,26,28,29)/t18-,19+,21-,24?/m1/s1. The van der Waals surface area contributed by atoms with Crippen LogP contribution in [-0.2, 0) is 23.5 Å². The number of hydrogen-bond acceptors (Lipinski definition) is 8. The van der Waals surface area contributed by atoms with Gasteiger partial charge in [-0.2, -0.15) is 8.42 Å². The Morgan fingerprint density at radius 2 is 1.86 bits per heavy atom. The van der Waals surface area contributed by atoms with E-state index < -0.39 is 53.7 Å². The van der Waals surface area contributed by atoms with E-state index in [-0.39, 0.29) is 10.7 Å². The Bertz CT molecular complexity index is 1260. The predicted octanol–water partition coefficient (Wildman–Crippen LogP) is 3.00. The molecule has 4 atom stereocenters. The summed E-state index contributed by atoms with van der Waals surface area (Å²) in [5.74, 6) is 0.307. The smallest absolute Gasteiger partial charge is 0.330 e. The summed E-state index contributed by atoms with van der Waals surface area (Å²) in [5, 5.41) is 0.706. The van der Waals surface area contributed by atoms with Crippen LogP contribution in [0.2, 0.25) is 18.1 Å². The van der Waals surface area contributed by atoms with Crippen LogP contribution >= 0.6 is 0 Å². The van der Waals surface area contributed by atoms with Crippen molar-refractivity contribution in [1.29, 1.82) is 0 Å². The highest BCUT2D eigenvalue weighted by Crippen LogP contribution is 2.53. The van der Waals surface area contributed by atoms with Gasteiger partial charge >= 0.3 is 5.69 Å². The molecule has 2 aliphatic heterocycles. The Hall–Kier alpha value is -1.73. The van der Waals surface area contributed by atoms with E-state index in [0.717, 1.165) is 31.1 Å². The topological polar surface area (TPSA) is 143 Å². The van der Waals surface area contributed by atoms with Crippen LogP contribution < -0.4 is 17.0 Å². The largest absolute Gasteiger partial charge is 0.406 e. The molecule has 4 rings (SSSR count). The first-order valence-electron chi connectivity index (χ1n) is 12.7. The van der Waals surface area contributed by atoms with E-state index in [2.05, 4.69) is 25.8 Å². The van der Waals surface area contributed by atoms with Gasteiger partial charge in [-0.05, 0) is 37.4 Å². The number of ether oxygens (including phenoxy) is 1. The van der Waals surface area contributed by atoms with Gasteiger partial charge in [0.05, 0.1) is 17.2 Å². The lowest BCUT2D eigenvalue weighted by molar-refractivity contribution is -0.0481. The summed E-state index contributed by atoms with van der Waals surface area (Å²) in [4.78, 5) is 27.4. The minimum atomic E-state index is -4.09. The fourth-order valence-electron chi connectivity index (χ4n) is 5.28. The van der Waals surface area contributed by atoms with Gasteiger partial charge in [-0.1, -0.05) is 52.9 Å². The van der Waals surface area contributed by atoms with Crippen molar-refractivity contribution in [3.05, 3.63) is 43.7 Å². The van der Waals surface area contributed by atoms with E-state index in [9.17, 15) is 18.0 Å². The zero-order valence-electron chi connectivity index (χ0n) is 22.0. The molecule has 3 N–H and O–H groups in total. The van der Waals surface area contributed by atoms with Gasteiger partial charge in [-0.15, -0.1) is 0 Å². The number of aryl methyl sites for hydroxylation is 1. The van der Waals surface area contributed by atoms with Gasteiger partial charge in [-0.25, -0.2) is 8.98 Å². The SMILES string of the molecule is Cc1cn([C@@H]2O[C@H](CC3CCCCC3)C3(OS(=O)(=O)C=C3N)[C@H]2O[Si](C)(C)C(C)(C)C)c(=O)[nH]c1=O. The van der Waals surface area contributed by atoms with E-state index in [4.69, 9.17) is 19.1 Å². The molecule has 2 fully saturated rings. The maximum atomic E-state index is 13.0. The van der Waals surface area contributed by atoms with E-state index in [1.807, 2.05) is 13.1 Å². The van der Waals surface area contributed by atoms with E-state index in [0.29, 0.717) is 17.9 Å². The fraction of sp³-hybridized carbons (Fsp3) is 0.750. The molecule has 0 aromatic carbocycles. The monoisotopic (exact) mass is 541 g/mol. The third-order valence-corrected chi connectivity index (χ3v) is 13.9. The van der Waals surface area contributed by atoms with E-state index >= 15 is 0 Å². The summed E-state index contributed by atoms with van der Waals surface area (Å²) in [5.41, 5.74) is 4.02. The van der Waals surface area contributed by atoms with Crippen molar-refractivity contribution in [3.8, 4) is 0 Å². The van der Waals surface area contributed by atoms with Gasteiger partial charge in [-0.3, -0.25) is 14.3 Å². The molecule has 1 unspecified atom stereocenters. The molecular weight excluding hydrogens is 502 g/mol. The lowest BCUT2D eigenvalue weighted by atomic mass is 9.79. The Kier molecular flexibility index (Phi) is 7.00. The molecular formula is C24H39N3O7SSi. The molecule has 0 radical (unpaired) electrons. The molecule has 0 bridgehead atoms. The molecule has 3 heterocycles. The number of nitrogens with two attached hydrogens (primary N) is 1. The van der Waals surface area contributed by atoms with Crippen LogP contribution in [0.25, 0.3) is 0 Å². The van der Waals surface area contributed by atoms with Crippen molar-refractivity contribution in [2.45, 2.75) is 108 Å². The Morgan fingerprint density at radius 3 is 2.42 bits per heavy atom. The van der Waals surface area contributed by atoms with Crippen LogP contribution in [0.1, 0.15) is 71.1 Å². The minimum absolute atomic E-state index is 0.0173. The van der Waals surface area contributed by atoms with E-state index in [1.165, 1.54) is 17.2 Å². The van der Waals surface area contributed by atoms with Crippen LogP contribution in [-0.4, -0.2) is 44.1 Å². The first-order valence-corrected chi connectivity index (χ1v) is 17.0. The highest BCUT2D eigenvalue weighted by atomic mass is 32.2. The average molecular weight is 542 g/mol. The number of hydrogen-bond donors (Lipinski definition) is 2. The van der Waals surface area contributed by atoms with Gasteiger partial charge in [0.25, 0.3) is 15.7 Å². The second-order valence-corrected chi connectivity index (χ2v) is 18.1. The van der Waals surface area contributed by atoms with Gasteiger partial charge in [0.2, 0.25) is 0 Å². The molecule has 0 amide bonds. The van der Waals surface area contributed by atoms with Crippen molar-refractivity contribution in [3.63, 3.8) is 0 Å². The highest BCUT2D eigenvalue weighted by molar-refractivity contribution is 7.90. The zero-order chi connectivity index (χ0) is 26.7. The molecule has 3 aliphatic rings. The molecule has 10 nitrogen and oxygen atoms in total. The predicted molar refractivity (Wildman–Crippen MR) is 138 cm³/mol. The maximum absolute atomic E-state index is 13.0. The summed E-state index contributed by atoms with van der Waals surface area (Å²) in [7, 11) is -6.66. The second-order valence-electron chi connectivity index (χ2n) is 12.0. The summed E-state index contributed by atoms with van der Waals surface area (Å²) in [6.07, 6.45) is 4.49. The molecule has 12 heteroatoms. The Morgan fingerprint density at radius 1 is 1.22 bits per heavy atom. The van der Waals surface area contributed by atoms with Crippen molar-refractivity contribution >= 4 is 18.4 Å². The summed E-state index contributed by atoms with van der Waals surface area (Å²) < 4.78 is 46.0. The van der Waals surface area contributed by atoms with Gasteiger partial charge in [0, 0.05) is 11.8 Å². The van der Waals surface area contributed by atoms with Crippen LogP contribution in [0.15, 0.2) is 26.9 Å². The molecule has 202 valence electrons. The Balaban J connectivity index is 1.89. The maximum Gasteiger partial charge on any atom is 0.330 e. The Labute approximate surface area is 213 Å². The van der Waals surface area contributed by atoms with Crippen molar-refractivity contribution < 1.29 is 21.8 Å². The van der Waals surface area contributed by atoms with Crippen LogP contribution in [0, 0.1) is 12.8 Å². The van der Waals surface area contributed by atoms with Crippen molar-refractivity contribution in [2.75, 3.05) is 0 Å². The van der Waals surface area contributed by atoms with Gasteiger partial charge in [0.1, 0.15) is 6.10 Å². The number of nitrogens with one attached hydrogen (secondary N) is 1. The van der Waals surface area contributed by atoms with Gasteiger partial charge in [0.15, 0.2) is 20.1 Å². The van der Waals surface area contributed by atoms with Crippen LogP contribution in [0.5, 0.6) is 0 Å². The molecule has 1 aromatic heterocycles. The molecule has 36 heavy (non-hydrogen) atoms. The number of H-pyrrole nitrogens is 1. The van der Waals surface area contributed by atoms with Crippen molar-refractivity contribution in [1.82, 2.24) is 9.55 Å². The molecule has 1 aliphatic carbocycles.